The van der Waals surface area contributed by atoms with E-state index in [0.29, 0.717) is 12.2 Å². The van der Waals surface area contributed by atoms with E-state index in [1.54, 1.807) is 23.1 Å². The second-order valence-corrected chi connectivity index (χ2v) is 8.02. The number of hydrogen-bond donors (Lipinski definition) is 0. The van der Waals surface area contributed by atoms with Gasteiger partial charge in [0, 0.05) is 36.8 Å². The maximum atomic E-state index is 14.4. The predicted molar refractivity (Wildman–Crippen MR) is 113 cm³/mol. The molecule has 0 N–H and O–H groups in total. The number of carbonyl (C=O) groups is 1. The molecule has 1 saturated heterocycles. The van der Waals surface area contributed by atoms with Crippen molar-refractivity contribution in [3.8, 4) is 6.07 Å². The quantitative estimate of drug-likeness (QED) is 0.530. The molecule has 1 atom stereocenters. The van der Waals surface area contributed by atoms with E-state index in [1.165, 1.54) is 6.07 Å². The van der Waals surface area contributed by atoms with Crippen LogP contribution >= 0.6 is 11.6 Å². The van der Waals surface area contributed by atoms with Crippen LogP contribution in [-0.2, 0) is 11.3 Å². The van der Waals surface area contributed by atoms with Gasteiger partial charge in [-0.3, -0.25) is 4.79 Å². The van der Waals surface area contributed by atoms with Gasteiger partial charge in [-0.2, -0.15) is 5.26 Å². The standard InChI is InChI=1S/C23H23ClF3N3O/c1-3-16(4-2)30-13-18(10-21(30)31)29(17-7-5-14(11-28)19(24)9-17)12-15-6-8-20(25)23(27)22(15)26/h5-9,16,18H,3-4,10,12-13H2,1-2H3/t18-/m0/s1. The van der Waals surface area contributed by atoms with Crippen LogP contribution in [0.3, 0.4) is 0 Å². The Hall–Kier alpha value is -2.72. The number of nitriles is 1. The van der Waals surface area contributed by atoms with Gasteiger partial charge < -0.3 is 9.80 Å². The molecule has 1 aliphatic rings. The average molecular weight is 450 g/mol. The molecule has 2 aromatic carbocycles. The van der Waals surface area contributed by atoms with Crippen LogP contribution in [0, 0.1) is 28.8 Å². The first kappa shape index (κ1) is 23.0. The van der Waals surface area contributed by atoms with Gasteiger partial charge in [-0.1, -0.05) is 31.5 Å². The fraction of sp³-hybridized carbons (Fsp3) is 0.391. The summed E-state index contributed by atoms with van der Waals surface area (Å²) < 4.78 is 41.6. The van der Waals surface area contributed by atoms with E-state index in [9.17, 15) is 18.0 Å². The van der Waals surface area contributed by atoms with Gasteiger partial charge in [0.2, 0.25) is 5.91 Å². The SMILES string of the molecule is CCC(CC)N1C[C@@H](N(Cc2ccc(F)c(F)c2F)c2ccc(C#N)c(Cl)c2)CC1=O. The lowest BCUT2D eigenvalue weighted by Crippen LogP contribution is -2.40. The molecule has 4 nitrogen and oxygen atoms in total. The Morgan fingerprint density at radius 1 is 1.19 bits per heavy atom. The first-order chi connectivity index (χ1) is 14.8. The van der Waals surface area contributed by atoms with Crippen molar-refractivity contribution >= 4 is 23.2 Å². The number of likely N-dealkylation sites (tertiary alicyclic amines) is 1. The van der Waals surface area contributed by atoms with Crippen LogP contribution in [0.4, 0.5) is 18.9 Å². The van der Waals surface area contributed by atoms with Crippen molar-refractivity contribution in [3.63, 3.8) is 0 Å². The van der Waals surface area contributed by atoms with Crippen molar-refractivity contribution in [2.75, 3.05) is 11.4 Å². The zero-order chi connectivity index (χ0) is 22.7. The minimum absolute atomic E-state index is 0.00537. The Morgan fingerprint density at radius 2 is 1.90 bits per heavy atom. The highest BCUT2D eigenvalue weighted by atomic mass is 35.5. The molecule has 164 valence electrons. The summed E-state index contributed by atoms with van der Waals surface area (Å²) >= 11 is 6.20. The van der Waals surface area contributed by atoms with Gasteiger partial charge in [0.1, 0.15) is 6.07 Å². The predicted octanol–water partition coefficient (Wildman–Crippen LogP) is 5.43. The summed E-state index contributed by atoms with van der Waals surface area (Å²) in [6, 6.07) is 8.62. The van der Waals surface area contributed by atoms with Crippen LogP contribution in [0.1, 0.15) is 44.2 Å². The van der Waals surface area contributed by atoms with Gasteiger partial charge in [0.15, 0.2) is 17.5 Å². The minimum Gasteiger partial charge on any atom is -0.362 e. The molecule has 0 bridgehead atoms. The zero-order valence-corrected chi connectivity index (χ0v) is 18.1. The molecular formula is C23H23ClF3N3O. The van der Waals surface area contributed by atoms with E-state index in [4.69, 9.17) is 16.9 Å². The molecule has 1 aliphatic heterocycles. The highest BCUT2D eigenvalue weighted by molar-refractivity contribution is 6.32. The zero-order valence-electron chi connectivity index (χ0n) is 17.3. The molecule has 0 spiro atoms. The molecule has 0 saturated carbocycles. The van der Waals surface area contributed by atoms with Crippen LogP contribution in [-0.4, -0.2) is 29.4 Å². The fourth-order valence-electron chi connectivity index (χ4n) is 4.08. The normalized spacial score (nSPS) is 16.1. The molecule has 0 radical (unpaired) electrons. The fourth-order valence-corrected chi connectivity index (χ4v) is 4.30. The van der Waals surface area contributed by atoms with E-state index in [-0.39, 0.29) is 47.1 Å². The second kappa shape index (κ2) is 9.61. The van der Waals surface area contributed by atoms with Crippen molar-refractivity contribution in [3.05, 3.63) is 63.9 Å². The third-order valence-corrected chi connectivity index (χ3v) is 6.14. The summed E-state index contributed by atoms with van der Waals surface area (Å²) in [5.41, 5.74) is 0.815. The molecule has 31 heavy (non-hydrogen) atoms. The highest BCUT2D eigenvalue weighted by Gasteiger charge is 2.37. The Kier molecular flexibility index (Phi) is 7.11. The first-order valence-corrected chi connectivity index (χ1v) is 10.6. The van der Waals surface area contributed by atoms with Crippen LogP contribution in [0.2, 0.25) is 5.02 Å². The summed E-state index contributed by atoms with van der Waals surface area (Å²) in [5.74, 6) is -4.05. The van der Waals surface area contributed by atoms with Crippen molar-refractivity contribution in [2.45, 2.75) is 51.7 Å². The number of anilines is 1. The Balaban J connectivity index is 1.99. The molecule has 0 aliphatic carbocycles. The Bertz CT molecular complexity index is 1020. The molecule has 1 amide bonds. The summed E-state index contributed by atoms with van der Waals surface area (Å²) in [7, 11) is 0. The van der Waals surface area contributed by atoms with Crippen LogP contribution in [0.5, 0.6) is 0 Å². The van der Waals surface area contributed by atoms with Crippen LogP contribution in [0.25, 0.3) is 0 Å². The minimum atomic E-state index is -1.53. The van der Waals surface area contributed by atoms with E-state index in [0.717, 1.165) is 18.9 Å². The number of benzene rings is 2. The third kappa shape index (κ3) is 4.64. The van der Waals surface area contributed by atoms with E-state index < -0.39 is 17.5 Å². The summed E-state index contributed by atoms with van der Waals surface area (Å²) in [5, 5.41) is 9.37. The molecule has 3 rings (SSSR count). The summed E-state index contributed by atoms with van der Waals surface area (Å²) in [6.07, 6.45) is 1.84. The van der Waals surface area contributed by atoms with Gasteiger partial charge in [-0.15, -0.1) is 0 Å². The monoisotopic (exact) mass is 449 g/mol. The number of halogens is 4. The second-order valence-electron chi connectivity index (χ2n) is 7.61. The number of amides is 1. The first-order valence-electron chi connectivity index (χ1n) is 10.2. The summed E-state index contributed by atoms with van der Waals surface area (Å²) in [4.78, 5) is 16.3. The van der Waals surface area contributed by atoms with E-state index in [1.807, 2.05) is 24.8 Å². The third-order valence-electron chi connectivity index (χ3n) is 5.82. The van der Waals surface area contributed by atoms with Gasteiger partial charge in [-0.05, 0) is 37.1 Å². The van der Waals surface area contributed by atoms with Crippen molar-refractivity contribution < 1.29 is 18.0 Å². The van der Waals surface area contributed by atoms with Crippen molar-refractivity contribution in [1.29, 1.82) is 5.26 Å². The van der Waals surface area contributed by atoms with Crippen LogP contribution < -0.4 is 4.90 Å². The smallest absolute Gasteiger partial charge is 0.225 e. The van der Waals surface area contributed by atoms with E-state index in [2.05, 4.69) is 0 Å². The Morgan fingerprint density at radius 3 is 2.52 bits per heavy atom. The molecule has 2 aromatic rings. The number of hydrogen-bond acceptors (Lipinski definition) is 3. The van der Waals surface area contributed by atoms with Crippen molar-refractivity contribution in [2.24, 2.45) is 0 Å². The number of carbonyl (C=O) groups excluding carboxylic acids is 1. The van der Waals surface area contributed by atoms with Gasteiger partial charge in [0.25, 0.3) is 0 Å². The van der Waals surface area contributed by atoms with Crippen molar-refractivity contribution in [1.82, 2.24) is 4.90 Å². The molecule has 1 heterocycles. The molecule has 1 fully saturated rings. The van der Waals surface area contributed by atoms with Gasteiger partial charge in [-0.25, -0.2) is 13.2 Å². The highest BCUT2D eigenvalue weighted by Crippen LogP contribution is 2.31. The number of nitrogens with zero attached hydrogens (tertiary/aromatic N) is 3. The average Bonchev–Trinajstić information content (AvgIpc) is 3.13. The largest absolute Gasteiger partial charge is 0.362 e. The molecular weight excluding hydrogens is 427 g/mol. The lowest BCUT2D eigenvalue weighted by Gasteiger charge is -2.33. The maximum absolute atomic E-state index is 14.4. The summed E-state index contributed by atoms with van der Waals surface area (Å²) in [6.45, 7) is 4.38. The maximum Gasteiger partial charge on any atom is 0.225 e. The van der Waals surface area contributed by atoms with E-state index >= 15 is 0 Å². The van der Waals surface area contributed by atoms with Crippen LogP contribution in [0.15, 0.2) is 30.3 Å². The lowest BCUT2D eigenvalue weighted by atomic mass is 10.1. The Labute approximate surface area is 184 Å². The number of rotatable bonds is 7. The molecule has 8 heteroatoms. The molecule has 0 aromatic heterocycles. The van der Waals surface area contributed by atoms with Gasteiger partial charge >= 0.3 is 0 Å². The van der Waals surface area contributed by atoms with Gasteiger partial charge in [0.05, 0.1) is 16.6 Å². The topological polar surface area (TPSA) is 47.3 Å². The lowest BCUT2D eigenvalue weighted by molar-refractivity contribution is -0.129. The molecule has 0 unspecified atom stereocenters.